The maximum Gasteiger partial charge on any atom is 0.257 e. The number of amides is 1. The van der Waals surface area contributed by atoms with Gasteiger partial charge in [0.1, 0.15) is 6.26 Å². The number of sulfonamides is 1. The zero-order chi connectivity index (χ0) is 16.7. The molecule has 1 aromatic heterocycles. The first-order valence-corrected chi connectivity index (χ1v) is 9.46. The molecule has 3 rings (SSSR count). The van der Waals surface area contributed by atoms with Crippen molar-refractivity contribution < 1.29 is 22.4 Å². The van der Waals surface area contributed by atoms with Gasteiger partial charge >= 0.3 is 0 Å². The molecule has 1 aromatic rings. The molecule has 2 fully saturated rings. The van der Waals surface area contributed by atoms with E-state index < -0.39 is 10.0 Å². The van der Waals surface area contributed by atoms with E-state index in [9.17, 15) is 13.2 Å². The van der Waals surface area contributed by atoms with Gasteiger partial charge in [0, 0.05) is 38.7 Å². The summed E-state index contributed by atoms with van der Waals surface area (Å²) in [4.78, 5) is 14.3. The minimum atomic E-state index is -3.24. The van der Waals surface area contributed by atoms with Gasteiger partial charge in [-0.1, -0.05) is 0 Å². The van der Waals surface area contributed by atoms with Gasteiger partial charge < -0.3 is 14.1 Å². The van der Waals surface area contributed by atoms with Crippen molar-refractivity contribution in [3.63, 3.8) is 0 Å². The predicted molar refractivity (Wildman–Crippen MR) is 83.4 cm³/mol. The van der Waals surface area contributed by atoms with Crippen LogP contribution in [-0.2, 0) is 14.8 Å². The number of piperidine rings is 1. The van der Waals surface area contributed by atoms with E-state index in [0.717, 1.165) is 6.42 Å². The van der Waals surface area contributed by atoms with Crippen LogP contribution in [0.25, 0.3) is 0 Å². The number of ether oxygens (including phenoxy) is 1. The number of methoxy groups -OCH3 is 1. The maximum atomic E-state index is 12.5. The Morgan fingerprint density at radius 2 is 2.26 bits per heavy atom. The van der Waals surface area contributed by atoms with Crippen LogP contribution in [0, 0.1) is 11.3 Å². The van der Waals surface area contributed by atoms with Gasteiger partial charge in [0.05, 0.1) is 24.7 Å². The quantitative estimate of drug-likeness (QED) is 0.803. The van der Waals surface area contributed by atoms with E-state index in [4.69, 9.17) is 9.15 Å². The first-order chi connectivity index (χ1) is 10.9. The normalized spacial score (nSPS) is 28.8. The Balaban J connectivity index is 1.79. The Morgan fingerprint density at radius 1 is 1.48 bits per heavy atom. The van der Waals surface area contributed by atoms with Crippen molar-refractivity contribution in [2.24, 2.45) is 11.3 Å². The minimum Gasteiger partial charge on any atom is -0.472 e. The predicted octanol–water partition coefficient (Wildman–Crippen LogP) is 0.650. The summed E-state index contributed by atoms with van der Waals surface area (Å²) in [5.74, 6) is 0.0179. The molecule has 2 atom stereocenters. The van der Waals surface area contributed by atoms with Crippen molar-refractivity contribution in [1.29, 1.82) is 0 Å². The molecule has 2 aliphatic rings. The zero-order valence-corrected chi connectivity index (χ0v) is 14.2. The Hall–Kier alpha value is -1.38. The third-order valence-corrected chi connectivity index (χ3v) is 6.27. The van der Waals surface area contributed by atoms with Crippen molar-refractivity contribution in [1.82, 2.24) is 9.21 Å². The van der Waals surface area contributed by atoms with Gasteiger partial charge in [0.25, 0.3) is 5.91 Å². The molecule has 0 radical (unpaired) electrons. The van der Waals surface area contributed by atoms with Crippen LogP contribution >= 0.6 is 0 Å². The van der Waals surface area contributed by atoms with Crippen LogP contribution in [0.2, 0.25) is 0 Å². The number of carbonyl (C=O) groups is 1. The van der Waals surface area contributed by atoms with Crippen LogP contribution in [0.4, 0.5) is 0 Å². The number of hydrogen-bond acceptors (Lipinski definition) is 5. The molecule has 0 aromatic carbocycles. The summed E-state index contributed by atoms with van der Waals surface area (Å²) >= 11 is 0. The number of nitrogens with zero attached hydrogens (tertiary/aromatic N) is 2. The highest BCUT2D eigenvalue weighted by atomic mass is 32.2. The SMILES string of the molecule is COCC12CCN(C(=O)c3ccoc3)CC1CN(S(C)(=O)=O)C2. The molecule has 128 valence electrons. The van der Waals surface area contributed by atoms with Crippen LogP contribution in [0.1, 0.15) is 16.8 Å². The van der Waals surface area contributed by atoms with Gasteiger partial charge in [0.2, 0.25) is 10.0 Å². The van der Waals surface area contributed by atoms with E-state index in [2.05, 4.69) is 0 Å². The van der Waals surface area contributed by atoms with Gasteiger partial charge in [-0.2, -0.15) is 0 Å². The Morgan fingerprint density at radius 3 is 2.87 bits per heavy atom. The fourth-order valence-corrected chi connectivity index (χ4v) is 4.71. The largest absolute Gasteiger partial charge is 0.472 e. The summed E-state index contributed by atoms with van der Waals surface area (Å²) in [7, 11) is -1.60. The van der Waals surface area contributed by atoms with Gasteiger partial charge in [-0.3, -0.25) is 4.79 Å². The van der Waals surface area contributed by atoms with Crippen LogP contribution < -0.4 is 0 Å². The molecule has 8 heteroatoms. The lowest BCUT2D eigenvalue weighted by Gasteiger charge is -2.43. The molecular weight excluding hydrogens is 320 g/mol. The molecule has 0 spiro atoms. The summed E-state index contributed by atoms with van der Waals surface area (Å²) in [6.45, 7) is 2.56. The smallest absolute Gasteiger partial charge is 0.257 e. The topological polar surface area (TPSA) is 80.1 Å². The number of furan rings is 1. The first-order valence-electron chi connectivity index (χ1n) is 7.61. The molecule has 7 nitrogen and oxygen atoms in total. The average Bonchev–Trinajstić information content (AvgIpc) is 3.13. The summed E-state index contributed by atoms with van der Waals surface area (Å²) in [6.07, 6.45) is 4.89. The van der Waals surface area contributed by atoms with E-state index >= 15 is 0 Å². The number of rotatable bonds is 4. The average molecular weight is 342 g/mol. The lowest BCUT2D eigenvalue weighted by Crippen LogP contribution is -2.50. The molecular formula is C15H22N2O5S. The Labute approximate surface area is 136 Å². The number of likely N-dealkylation sites (tertiary alicyclic amines) is 1. The van der Waals surface area contributed by atoms with Crippen molar-refractivity contribution in [3.05, 3.63) is 24.2 Å². The molecule has 23 heavy (non-hydrogen) atoms. The fourth-order valence-electron chi connectivity index (χ4n) is 3.76. The van der Waals surface area contributed by atoms with E-state index in [1.165, 1.54) is 23.1 Å². The van der Waals surface area contributed by atoms with E-state index in [1.54, 1.807) is 18.1 Å². The highest BCUT2D eigenvalue weighted by Gasteiger charge is 2.52. The molecule has 2 aliphatic heterocycles. The second kappa shape index (κ2) is 5.92. The van der Waals surface area contributed by atoms with Crippen LogP contribution in [0.3, 0.4) is 0 Å². The molecule has 0 aliphatic carbocycles. The highest BCUT2D eigenvalue weighted by molar-refractivity contribution is 7.88. The minimum absolute atomic E-state index is 0.0671. The molecule has 0 N–H and O–H groups in total. The van der Waals surface area contributed by atoms with E-state index in [0.29, 0.717) is 38.3 Å². The van der Waals surface area contributed by atoms with Gasteiger partial charge in [-0.05, 0) is 18.4 Å². The monoisotopic (exact) mass is 342 g/mol. The van der Waals surface area contributed by atoms with Gasteiger partial charge in [0.15, 0.2) is 0 Å². The fraction of sp³-hybridized carbons (Fsp3) is 0.667. The second-order valence-electron chi connectivity index (χ2n) is 6.56. The molecule has 3 heterocycles. The van der Waals surface area contributed by atoms with Crippen LogP contribution in [0.15, 0.2) is 23.0 Å². The van der Waals surface area contributed by atoms with Crippen molar-refractivity contribution in [2.45, 2.75) is 6.42 Å². The van der Waals surface area contributed by atoms with E-state index in [1.807, 2.05) is 0 Å². The number of carbonyl (C=O) groups excluding carboxylic acids is 1. The number of fused-ring (bicyclic) bond motifs is 1. The first kappa shape index (κ1) is 16.5. The zero-order valence-electron chi connectivity index (χ0n) is 13.4. The van der Waals surface area contributed by atoms with Gasteiger partial charge in [-0.25, -0.2) is 12.7 Å². The maximum absolute atomic E-state index is 12.5. The molecule has 2 saturated heterocycles. The number of hydrogen-bond donors (Lipinski definition) is 0. The summed E-state index contributed by atoms with van der Waals surface area (Å²) in [5.41, 5.74) is 0.326. The summed E-state index contributed by atoms with van der Waals surface area (Å²) in [5, 5.41) is 0. The lowest BCUT2D eigenvalue weighted by molar-refractivity contribution is 0.00340. The lowest BCUT2D eigenvalue weighted by atomic mass is 9.73. The van der Waals surface area contributed by atoms with Crippen molar-refractivity contribution >= 4 is 15.9 Å². The molecule has 1 amide bonds. The molecule has 0 bridgehead atoms. The van der Waals surface area contributed by atoms with Crippen molar-refractivity contribution in [3.8, 4) is 0 Å². The van der Waals surface area contributed by atoms with E-state index in [-0.39, 0.29) is 17.2 Å². The van der Waals surface area contributed by atoms with Gasteiger partial charge in [-0.15, -0.1) is 0 Å². The third kappa shape index (κ3) is 3.02. The standard InChI is InChI=1S/C15H22N2O5S/c1-21-11-15-4-5-16(14(18)12-3-6-22-9-12)7-13(15)8-17(10-15)23(2,19)20/h3,6,9,13H,4-5,7-8,10-11H2,1-2H3. The van der Waals surface area contributed by atoms with Crippen LogP contribution in [0.5, 0.6) is 0 Å². The Bertz CT molecular complexity index is 672. The second-order valence-corrected chi connectivity index (χ2v) is 8.54. The Kier molecular flexibility index (Phi) is 4.24. The third-order valence-electron chi connectivity index (χ3n) is 5.06. The summed E-state index contributed by atoms with van der Waals surface area (Å²) in [6, 6.07) is 1.65. The highest BCUT2D eigenvalue weighted by Crippen LogP contribution is 2.44. The molecule has 2 unspecified atom stereocenters. The van der Waals surface area contributed by atoms with Crippen molar-refractivity contribution in [2.75, 3.05) is 46.2 Å². The summed E-state index contributed by atoms with van der Waals surface area (Å²) < 4.78 is 35.7. The van der Waals surface area contributed by atoms with Crippen LogP contribution in [-0.4, -0.2) is 69.7 Å². The molecule has 0 saturated carbocycles.